The molecule has 2 atom stereocenters. The fourth-order valence-electron chi connectivity index (χ4n) is 3.83. The van der Waals surface area contributed by atoms with E-state index in [0.717, 1.165) is 34.5 Å². The van der Waals surface area contributed by atoms with Crippen LogP contribution in [-0.2, 0) is 0 Å². The summed E-state index contributed by atoms with van der Waals surface area (Å²) in [5.74, 6) is 2.52. The van der Waals surface area contributed by atoms with Crippen LogP contribution in [0.4, 0.5) is 0 Å². The summed E-state index contributed by atoms with van der Waals surface area (Å²) in [5, 5.41) is 8.91. The van der Waals surface area contributed by atoms with Crippen molar-refractivity contribution in [3.8, 4) is 0 Å². The third-order valence-electron chi connectivity index (χ3n) is 5.05. The lowest BCUT2D eigenvalue weighted by Gasteiger charge is -2.30. The molecule has 2 aliphatic rings. The van der Waals surface area contributed by atoms with E-state index >= 15 is 0 Å². The lowest BCUT2D eigenvalue weighted by Crippen LogP contribution is -2.30. The fourth-order valence-corrected chi connectivity index (χ4v) is 5.25. The Morgan fingerprint density at radius 1 is 1.07 bits per heavy atom. The van der Waals surface area contributed by atoms with E-state index in [4.69, 9.17) is 28.3 Å². The second kappa shape index (κ2) is 8.30. The predicted molar refractivity (Wildman–Crippen MR) is 119 cm³/mol. The van der Waals surface area contributed by atoms with Crippen molar-refractivity contribution in [1.29, 1.82) is 0 Å². The molecular weight excluding hydrogens is 395 g/mol. The van der Waals surface area contributed by atoms with Gasteiger partial charge in [-0.15, -0.1) is 0 Å². The zero-order valence-electron chi connectivity index (χ0n) is 15.2. The number of nitrogens with zero attached hydrogens (tertiary/aromatic N) is 2. The van der Waals surface area contributed by atoms with Gasteiger partial charge in [0.2, 0.25) is 0 Å². The van der Waals surface area contributed by atoms with E-state index in [0.29, 0.717) is 12.0 Å². The maximum absolute atomic E-state index is 6.11. The van der Waals surface area contributed by atoms with Crippen molar-refractivity contribution >= 4 is 46.8 Å². The van der Waals surface area contributed by atoms with Crippen LogP contribution in [0.3, 0.4) is 0 Å². The van der Waals surface area contributed by atoms with Gasteiger partial charge >= 0.3 is 0 Å². The van der Waals surface area contributed by atoms with Crippen LogP contribution >= 0.6 is 35.0 Å². The summed E-state index contributed by atoms with van der Waals surface area (Å²) in [4.78, 5) is 0. The van der Waals surface area contributed by atoms with Crippen molar-refractivity contribution in [2.24, 2.45) is 11.0 Å². The molecule has 0 N–H and O–H groups in total. The van der Waals surface area contributed by atoms with Crippen molar-refractivity contribution in [2.45, 2.75) is 19.4 Å². The van der Waals surface area contributed by atoms with Gasteiger partial charge in [0, 0.05) is 34.0 Å². The van der Waals surface area contributed by atoms with Crippen LogP contribution < -0.4 is 0 Å². The third kappa shape index (κ3) is 4.06. The molecule has 0 amide bonds. The van der Waals surface area contributed by atoms with Crippen LogP contribution in [0.5, 0.6) is 0 Å². The smallest absolute Gasteiger partial charge is 0.0812 e. The molecule has 2 aliphatic heterocycles. The number of fused-ring (bicyclic) bond motifs is 1. The second-order valence-electron chi connectivity index (χ2n) is 6.99. The number of thioether (sulfide) groups is 1. The molecule has 4 rings (SSSR count). The van der Waals surface area contributed by atoms with Crippen LogP contribution in [0.15, 0.2) is 59.2 Å². The molecule has 2 aromatic carbocycles. The van der Waals surface area contributed by atoms with Gasteiger partial charge in [0.25, 0.3) is 0 Å². The lowest BCUT2D eigenvalue weighted by atomic mass is 9.87. The summed E-state index contributed by atoms with van der Waals surface area (Å²) in [5.41, 5.74) is 5.05. The average Bonchev–Trinajstić information content (AvgIpc) is 3.04. The van der Waals surface area contributed by atoms with Gasteiger partial charge in [-0.25, -0.2) is 0 Å². The fraction of sp³-hybridized carbons (Fsp3) is 0.318. The number of rotatable bonds is 4. The molecule has 1 fully saturated rings. The molecule has 0 saturated carbocycles. The molecule has 0 spiro atoms. The summed E-state index contributed by atoms with van der Waals surface area (Å²) in [7, 11) is 0. The number of hydrazone groups is 1. The normalized spacial score (nSPS) is 23.4. The Bertz CT molecular complexity index is 859. The summed E-state index contributed by atoms with van der Waals surface area (Å²) in [6.45, 7) is 3.17. The molecule has 2 heterocycles. The van der Waals surface area contributed by atoms with Gasteiger partial charge in [-0.05, 0) is 53.5 Å². The van der Waals surface area contributed by atoms with Crippen LogP contribution in [0, 0.1) is 5.92 Å². The molecule has 0 bridgehead atoms. The highest BCUT2D eigenvalue weighted by molar-refractivity contribution is 7.99. The maximum Gasteiger partial charge on any atom is 0.0812 e. The number of halogens is 2. The van der Waals surface area contributed by atoms with Gasteiger partial charge in [-0.3, -0.25) is 5.01 Å². The Hall–Kier alpha value is -1.42. The highest BCUT2D eigenvalue weighted by Gasteiger charge is 2.41. The minimum absolute atomic E-state index is 0.290. The van der Waals surface area contributed by atoms with Gasteiger partial charge in [0.15, 0.2) is 0 Å². The highest BCUT2D eigenvalue weighted by Crippen LogP contribution is 2.43. The molecule has 0 radical (unpaired) electrons. The minimum Gasteiger partial charge on any atom is -0.289 e. The van der Waals surface area contributed by atoms with Gasteiger partial charge in [0.1, 0.15) is 0 Å². The van der Waals surface area contributed by atoms with Crippen LogP contribution in [0.1, 0.15) is 30.5 Å². The Labute approximate surface area is 175 Å². The van der Waals surface area contributed by atoms with Crippen LogP contribution in [0.25, 0.3) is 6.08 Å². The summed E-state index contributed by atoms with van der Waals surface area (Å²) < 4.78 is 0. The van der Waals surface area contributed by atoms with E-state index in [9.17, 15) is 0 Å². The van der Waals surface area contributed by atoms with E-state index in [2.05, 4.69) is 42.3 Å². The Morgan fingerprint density at radius 2 is 1.74 bits per heavy atom. The van der Waals surface area contributed by atoms with Crippen molar-refractivity contribution in [3.63, 3.8) is 0 Å². The van der Waals surface area contributed by atoms with Crippen molar-refractivity contribution in [1.82, 2.24) is 5.01 Å². The summed E-state index contributed by atoms with van der Waals surface area (Å²) >= 11 is 14.1. The predicted octanol–water partition coefficient (Wildman–Crippen LogP) is 6.56. The Kier molecular flexibility index (Phi) is 5.82. The van der Waals surface area contributed by atoms with Gasteiger partial charge < -0.3 is 0 Å². The topological polar surface area (TPSA) is 15.6 Å². The Balaban J connectivity index is 1.68. The molecule has 0 aromatic heterocycles. The van der Waals surface area contributed by atoms with Gasteiger partial charge in [-0.1, -0.05) is 54.4 Å². The molecule has 140 valence electrons. The molecule has 5 heteroatoms. The maximum atomic E-state index is 6.11. The molecular formula is C22H22Cl2N2S. The number of benzene rings is 2. The summed E-state index contributed by atoms with van der Waals surface area (Å²) in [6.07, 6.45) is 3.35. The first kappa shape index (κ1) is 18.9. The first-order chi connectivity index (χ1) is 13.2. The summed E-state index contributed by atoms with van der Waals surface area (Å²) in [6, 6.07) is 16.6. The van der Waals surface area contributed by atoms with Gasteiger partial charge in [0.05, 0.1) is 11.8 Å². The quantitative estimate of drug-likeness (QED) is 0.560. The first-order valence-electron chi connectivity index (χ1n) is 9.30. The zero-order valence-corrected chi connectivity index (χ0v) is 17.6. The molecule has 2 nitrogen and oxygen atoms in total. The number of hydrogen-bond acceptors (Lipinski definition) is 3. The van der Waals surface area contributed by atoms with Gasteiger partial charge in [-0.2, -0.15) is 16.9 Å². The third-order valence-corrected chi connectivity index (χ3v) is 6.66. The highest BCUT2D eigenvalue weighted by atomic mass is 35.5. The second-order valence-corrected chi connectivity index (χ2v) is 8.89. The van der Waals surface area contributed by atoms with Crippen molar-refractivity contribution in [2.75, 3.05) is 18.1 Å². The molecule has 2 aromatic rings. The van der Waals surface area contributed by atoms with Crippen LogP contribution in [0.2, 0.25) is 10.0 Å². The number of hydrogen-bond donors (Lipinski definition) is 0. The van der Waals surface area contributed by atoms with Crippen molar-refractivity contribution < 1.29 is 0 Å². The van der Waals surface area contributed by atoms with E-state index < -0.39 is 0 Å². The molecule has 0 aliphatic carbocycles. The Morgan fingerprint density at radius 3 is 2.41 bits per heavy atom. The molecule has 1 saturated heterocycles. The van der Waals surface area contributed by atoms with E-state index in [1.165, 1.54) is 22.4 Å². The zero-order chi connectivity index (χ0) is 18.8. The van der Waals surface area contributed by atoms with E-state index in [-0.39, 0.29) is 0 Å². The first-order valence-corrected chi connectivity index (χ1v) is 11.2. The SMILES string of the molecule is CCCN1N=C2/C(=C/c3ccc(Cl)cc3)CSCC2C1c1ccc(Cl)cc1. The average molecular weight is 417 g/mol. The monoisotopic (exact) mass is 416 g/mol. The molecule has 27 heavy (non-hydrogen) atoms. The standard InChI is InChI=1S/C22H22Cl2N2S/c1-2-11-26-22(16-5-9-19(24)10-6-16)20-14-27-13-17(21(20)25-26)12-15-3-7-18(23)8-4-15/h3-10,12,20,22H,2,11,13-14H2,1H3/b17-12+. The van der Waals surface area contributed by atoms with E-state index in [1.54, 1.807) is 0 Å². The lowest BCUT2D eigenvalue weighted by molar-refractivity contribution is 0.209. The van der Waals surface area contributed by atoms with E-state index in [1.807, 2.05) is 36.0 Å². The molecule has 2 unspecified atom stereocenters. The largest absolute Gasteiger partial charge is 0.289 e. The van der Waals surface area contributed by atoms with Crippen molar-refractivity contribution in [3.05, 3.63) is 75.3 Å². The minimum atomic E-state index is 0.290. The van der Waals surface area contributed by atoms with Crippen LogP contribution in [-0.4, -0.2) is 28.8 Å².